The molecule has 0 aliphatic carbocycles. The Bertz CT molecular complexity index is 825. The molecule has 1 aromatic heterocycles. The van der Waals surface area contributed by atoms with Gasteiger partial charge in [-0.25, -0.2) is 4.98 Å². The third kappa shape index (κ3) is 3.55. The van der Waals surface area contributed by atoms with Crippen molar-refractivity contribution in [3.05, 3.63) is 47.7 Å². The number of benzene rings is 1. The number of carbonyl (C=O) groups is 3. The second-order valence-corrected chi connectivity index (χ2v) is 6.03. The van der Waals surface area contributed by atoms with Gasteiger partial charge in [-0.05, 0) is 43.7 Å². The minimum absolute atomic E-state index is 0.141. The highest BCUT2D eigenvalue weighted by Gasteiger charge is 2.22. The smallest absolute Gasteiger partial charge is 0.249 e. The molecule has 0 unspecified atom stereocenters. The van der Waals surface area contributed by atoms with Crippen LogP contribution in [0.2, 0.25) is 0 Å². The summed E-state index contributed by atoms with van der Waals surface area (Å²) in [4.78, 5) is 39.8. The van der Waals surface area contributed by atoms with E-state index < -0.39 is 11.8 Å². The minimum Gasteiger partial charge on any atom is -0.366 e. The Morgan fingerprint density at radius 1 is 1.08 bits per heavy atom. The standard InChI is InChI=1S/C18H19N5O3/c19-16(24)11-3-1-4-12(17(20)25)15(11)10-6-7-14(22-9-10)23-18(26)13-5-2-8-21-13/h1,3-4,6-7,9,13,21H,2,5,8H2,(H2,19,24)(H2,20,25)(H,22,23,26)/t13-/m1/s1. The first-order valence-electron chi connectivity index (χ1n) is 8.20. The lowest BCUT2D eigenvalue weighted by Crippen LogP contribution is -2.35. The van der Waals surface area contributed by atoms with Gasteiger partial charge in [-0.1, -0.05) is 6.07 Å². The summed E-state index contributed by atoms with van der Waals surface area (Å²) < 4.78 is 0. The number of hydrogen-bond donors (Lipinski definition) is 4. The minimum atomic E-state index is -0.673. The van der Waals surface area contributed by atoms with Crippen molar-refractivity contribution in [3.63, 3.8) is 0 Å². The van der Waals surface area contributed by atoms with Gasteiger partial charge in [0.05, 0.1) is 6.04 Å². The van der Waals surface area contributed by atoms with Crippen LogP contribution in [-0.2, 0) is 4.79 Å². The van der Waals surface area contributed by atoms with Gasteiger partial charge in [0.1, 0.15) is 5.82 Å². The number of nitrogens with zero attached hydrogens (tertiary/aromatic N) is 1. The number of aromatic nitrogens is 1. The van der Waals surface area contributed by atoms with Crippen LogP contribution in [-0.4, -0.2) is 35.3 Å². The van der Waals surface area contributed by atoms with E-state index in [0.717, 1.165) is 19.4 Å². The van der Waals surface area contributed by atoms with Gasteiger partial charge in [0, 0.05) is 28.5 Å². The molecule has 1 atom stereocenters. The van der Waals surface area contributed by atoms with Crippen LogP contribution in [0.4, 0.5) is 5.82 Å². The lowest BCUT2D eigenvalue weighted by Gasteiger charge is -2.13. The molecule has 0 radical (unpaired) electrons. The monoisotopic (exact) mass is 353 g/mol. The van der Waals surface area contributed by atoms with Crippen LogP contribution in [0.3, 0.4) is 0 Å². The van der Waals surface area contributed by atoms with Gasteiger partial charge in [-0.2, -0.15) is 0 Å². The van der Waals surface area contributed by atoms with E-state index in [0.29, 0.717) is 16.9 Å². The molecule has 2 heterocycles. The Kier molecular flexibility index (Phi) is 4.94. The SMILES string of the molecule is NC(=O)c1cccc(C(N)=O)c1-c1ccc(NC(=O)[C@H]2CCCN2)nc1. The third-order valence-electron chi connectivity index (χ3n) is 4.28. The van der Waals surface area contributed by atoms with E-state index in [4.69, 9.17) is 11.5 Å². The Hall–Kier alpha value is -3.26. The maximum atomic E-state index is 12.1. The zero-order valence-electron chi connectivity index (χ0n) is 14.0. The van der Waals surface area contributed by atoms with Gasteiger partial charge in [0.15, 0.2) is 0 Å². The molecular formula is C18H19N5O3. The summed E-state index contributed by atoms with van der Waals surface area (Å²) in [6, 6.07) is 7.62. The number of nitrogens with one attached hydrogen (secondary N) is 2. The van der Waals surface area contributed by atoms with Crippen LogP contribution < -0.4 is 22.1 Å². The first-order chi connectivity index (χ1) is 12.5. The summed E-state index contributed by atoms with van der Waals surface area (Å²) in [5, 5.41) is 5.85. The zero-order valence-corrected chi connectivity index (χ0v) is 14.0. The number of hydrogen-bond acceptors (Lipinski definition) is 5. The largest absolute Gasteiger partial charge is 0.366 e. The van der Waals surface area contributed by atoms with Crippen LogP contribution in [0.15, 0.2) is 36.5 Å². The molecule has 26 heavy (non-hydrogen) atoms. The first kappa shape index (κ1) is 17.6. The predicted octanol–water partition coefficient (Wildman–Crippen LogP) is 0.637. The second-order valence-electron chi connectivity index (χ2n) is 6.03. The molecule has 8 nitrogen and oxygen atoms in total. The van der Waals surface area contributed by atoms with Gasteiger partial charge >= 0.3 is 0 Å². The van der Waals surface area contributed by atoms with E-state index in [1.54, 1.807) is 18.2 Å². The molecule has 0 saturated carbocycles. The number of anilines is 1. The van der Waals surface area contributed by atoms with Crippen LogP contribution >= 0.6 is 0 Å². The average molecular weight is 353 g/mol. The highest BCUT2D eigenvalue weighted by molar-refractivity contribution is 6.08. The van der Waals surface area contributed by atoms with Crippen molar-refractivity contribution < 1.29 is 14.4 Å². The second kappa shape index (κ2) is 7.32. The maximum Gasteiger partial charge on any atom is 0.249 e. The Balaban J connectivity index is 1.90. The molecule has 8 heteroatoms. The van der Waals surface area contributed by atoms with Crippen LogP contribution in [0, 0.1) is 0 Å². The van der Waals surface area contributed by atoms with E-state index in [2.05, 4.69) is 15.6 Å². The van der Waals surface area contributed by atoms with Crippen molar-refractivity contribution in [1.29, 1.82) is 0 Å². The van der Waals surface area contributed by atoms with Gasteiger partial charge in [-0.15, -0.1) is 0 Å². The summed E-state index contributed by atoms with van der Waals surface area (Å²) in [7, 11) is 0. The molecule has 1 aliphatic heterocycles. The molecule has 1 aromatic carbocycles. The molecule has 6 N–H and O–H groups in total. The lowest BCUT2D eigenvalue weighted by molar-refractivity contribution is -0.117. The van der Waals surface area contributed by atoms with Crippen LogP contribution in [0.5, 0.6) is 0 Å². The molecule has 1 fully saturated rings. The lowest BCUT2D eigenvalue weighted by atomic mass is 9.94. The van der Waals surface area contributed by atoms with Crippen molar-refractivity contribution in [1.82, 2.24) is 10.3 Å². The summed E-state index contributed by atoms with van der Waals surface area (Å²) in [5.41, 5.74) is 12.0. The van der Waals surface area contributed by atoms with Gasteiger partial charge in [-0.3, -0.25) is 14.4 Å². The Morgan fingerprint density at radius 2 is 1.77 bits per heavy atom. The fourth-order valence-electron chi connectivity index (χ4n) is 3.01. The average Bonchev–Trinajstić information content (AvgIpc) is 3.16. The summed E-state index contributed by atoms with van der Waals surface area (Å²) in [5.74, 6) is -1.11. The van der Waals surface area contributed by atoms with Crippen molar-refractivity contribution in [2.45, 2.75) is 18.9 Å². The van der Waals surface area contributed by atoms with E-state index in [1.165, 1.54) is 18.3 Å². The molecule has 134 valence electrons. The van der Waals surface area contributed by atoms with Crippen LogP contribution in [0.25, 0.3) is 11.1 Å². The molecule has 1 aliphatic rings. The van der Waals surface area contributed by atoms with Crippen molar-refractivity contribution in [2.75, 3.05) is 11.9 Å². The summed E-state index contributed by atoms with van der Waals surface area (Å²) in [6.45, 7) is 0.824. The Morgan fingerprint density at radius 3 is 2.27 bits per heavy atom. The van der Waals surface area contributed by atoms with E-state index in [9.17, 15) is 14.4 Å². The summed E-state index contributed by atoms with van der Waals surface area (Å²) >= 11 is 0. The third-order valence-corrected chi connectivity index (χ3v) is 4.28. The van der Waals surface area contributed by atoms with E-state index in [1.807, 2.05) is 0 Å². The molecule has 3 rings (SSSR count). The number of carbonyl (C=O) groups excluding carboxylic acids is 3. The summed E-state index contributed by atoms with van der Waals surface area (Å²) in [6.07, 6.45) is 3.22. The number of pyridine rings is 1. The highest BCUT2D eigenvalue weighted by Crippen LogP contribution is 2.28. The molecule has 0 bridgehead atoms. The van der Waals surface area contributed by atoms with Gasteiger partial charge in [0.25, 0.3) is 0 Å². The topological polar surface area (TPSA) is 140 Å². The quantitative estimate of drug-likeness (QED) is 0.624. The van der Waals surface area contributed by atoms with E-state index in [-0.39, 0.29) is 23.1 Å². The van der Waals surface area contributed by atoms with Crippen molar-refractivity contribution in [2.24, 2.45) is 11.5 Å². The molecule has 3 amide bonds. The number of amides is 3. The highest BCUT2D eigenvalue weighted by atomic mass is 16.2. The fraction of sp³-hybridized carbons (Fsp3) is 0.222. The Labute approximate surface area is 150 Å². The molecule has 0 spiro atoms. The van der Waals surface area contributed by atoms with Gasteiger partial charge in [0.2, 0.25) is 17.7 Å². The van der Waals surface area contributed by atoms with Crippen molar-refractivity contribution >= 4 is 23.5 Å². The number of primary amides is 2. The first-order valence-corrected chi connectivity index (χ1v) is 8.20. The van der Waals surface area contributed by atoms with Gasteiger partial charge < -0.3 is 22.1 Å². The van der Waals surface area contributed by atoms with E-state index >= 15 is 0 Å². The van der Waals surface area contributed by atoms with Crippen LogP contribution in [0.1, 0.15) is 33.6 Å². The number of nitrogens with two attached hydrogens (primary N) is 2. The predicted molar refractivity (Wildman–Crippen MR) is 96.4 cm³/mol. The molecule has 1 saturated heterocycles. The van der Waals surface area contributed by atoms with Crippen molar-refractivity contribution in [3.8, 4) is 11.1 Å². The fourth-order valence-corrected chi connectivity index (χ4v) is 3.01. The normalized spacial score (nSPS) is 16.2. The molecular weight excluding hydrogens is 334 g/mol. The molecule has 2 aromatic rings. The maximum absolute atomic E-state index is 12.1. The zero-order chi connectivity index (χ0) is 18.7. The number of rotatable bonds is 5.